The van der Waals surface area contributed by atoms with Gasteiger partial charge >= 0.3 is 0 Å². The summed E-state index contributed by atoms with van der Waals surface area (Å²) in [6.07, 6.45) is 8.20. The fourth-order valence-electron chi connectivity index (χ4n) is 7.96. The van der Waals surface area contributed by atoms with Gasteiger partial charge in [-0.1, -0.05) is 13.8 Å². The summed E-state index contributed by atoms with van der Waals surface area (Å²) in [7, 11) is 0. The van der Waals surface area contributed by atoms with Gasteiger partial charge in [-0.25, -0.2) is 0 Å². The van der Waals surface area contributed by atoms with E-state index in [0.29, 0.717) is 16.7 Å². The van der Waals surface area contributed by atoms with Crippen LogP contribution in [0, 0.1) is 40.4 Å². The summed E-state index contributed by atoms with van der Waals surface area (Å²) in [4.78, 5) is 0. The van der Waals surface area contributed by atoms with Crippen LogP contribution in [0.15, 0.2) is 0 Å². The third-order valence-electron chi connectivity index (χ3n) is 8.30. The maximum absolute atomic E-state index is 11.4. The van der Waals surface area contributed by atoms with Gasteiger partial charge in [-0.2, -0.15) is 0 Å². The van der Waals surface area contributed by atoms with Crippen molar-refractivity contribution in [2.75, 3.05) is 0 Å². The van der Waals surface area contributed by atoms with Gasteiger partial charge in [0.1, 0.15) is 0 Å². The van der Waals surface area contributed by atoms with Crippen LogP contribution in [0.4, 0.5) is 0 Å². The Hall–Kier alpha value is -0.0400. The highest BCUT2D eigenvalue weighted by atomic mass is 16.3. The molecule has 0 aromatic rings. The van der Waals surface area contributed by atoms with E-state index in [0.717, 1.165) is 30.1 Å². The zero-order chi connectivity index (χ0) is 11.6. The second kappa shape index (κ2) is 2.35. The van der Waals surface area contributed by atoms with E-state index >= 15 is 0 Å². The van der Waals surface area contributed by atoms with Crippen molar-refractivity contribution in [1.29, 1.82) is 0 Å². The molecule has 8 bridgehead atoms. The van der Waals surface area contributed by atoms with Gasteiger partial charge < -0.3 is 5.11 Å². The van der Waals surface area contributed by atoms with Crippen LogP contribution in [-0.4, -0.2) is 10.7 Å². The molecule has 0 saturated heterocycles. The Bertz CT molecular complexity index is 418. The van der Waals surface area contributed by atoms with Crippen LogP contribution in [0.2, 0.25) is 0 Å². The van der Waals surface area contributed by atoms with Crippen molar-refractivity contribution >= 4 is 0 Å². The molecule has 8 atom stereocenters. The highest BCUT2D eigenvalue weighted by molar-refractivity contribution is 5.27. The fraction of sp³-hybridized carbons (Fsp3) is 1.00. The standard InChI is InChI=1S/C16H24O/c1-14-6-10-4-12-11(14)3-9-5-13(14)16(17,8-10)15(12,2)7-9/h9-13,17H,3-8H2,1-2H3. The maximum atomic E-state index is 11.4. The first-order valence-corrected chi connectivity index (χ1v) is 7.70. The average Bonchev–Trinajstić information content (AvgIpc) is 2.25. The lowest BCUT2D eigenvalue weighted by molar-refractivity contribution is -0.357. The third-order valence-corrected chi connectivity index (χ3v) is 8.30. The summed E-state index contributed by atoms with van der Waals surface area (Å²) in [5.74, 6) is 4.27. The van der Waals surface area contributed by atoms with Crippen molar-refractivity contribution in [3.8, 4) is 0 Å². The smallest absolute Gasteiger partial charge is 0.0739 e. The molecule has 7 saturated carbocycles. The molecule has 1 N–H and O–H groups in total. The van der Waals surface area contributed by atoms with Gasteiger partial charge in [0.25, 0.3) is 0 Å². The Morgan fingerprint density at radius 1 is 0.882 bits per heavy atom. The zero-order valence-electron chi connectivity index (χ0n) is 11.1. The third kappa shape index (κ3) is 0.760. The number of hydrogen-bond acceptors (Lipinski definition) is 1. The van der Waals surface area contributed by atoms with Crippen molar-refractivity contribution in [3.05, 3.63) is 0 Å². The number of rotatable bonds is 0. The summed E-state index contributed by atoms with van der Waals surface area (Å²) in [6, 6.07) is 0. The minimum Gasteiger partial charge on any atom is -0.389 e. The van der Waals surface area contributed by atoms with Gasteiger partial charge in [0.2, 0.25) is 0 Å². The molecule has 1 nitrogen and oxygen atoms in total. The molecular weight excluding hydrogens is 208 g/mol. The number of aliphatic hydroxyl groups is 1. The summed E-state index contributed by atoms with van der Waals surface area (Å²) in [5, 5.41) is 11.4. The van der Waals surface area contributed by atoms with Crippen LogP contribution < -0.4 is 0 Å². The molecule has 0 amide bonds. The average molecular weight is 232 g/mol. The van der Waals surface area contributed by atoms with E-state index in [2.05, 4.69) is 13.8 Å². The van der Waals surface area contributed by atoms with Crippen molar-refractivity contribution in [3.63, 3.8) is 0 Å². The second-order valence-corrected chi connectivity index (χ2v) is 8.66. The SMILES string of the molecule is CC12CC3CC4C1CC1CC2C(O)(C3)C4(C)C1. The van der Waals surface area contributed by atoms with E-state index in [1.165, 1.54) is 32.1 Å². The first-order chi connectivity index (χ1) is 7.97. The largest absolute Gasteiger partial charge is 0.389 e. The van der Waals surface area contributed by atoms with E-state index in [1.807, 2.05) is 0 Å². The van der Waals surface area contributed by atoms with E-state index in [9.17, 15) is 5.11 Å². The van der Waals surface area contributed by atoms with E-state index in [4.69, 9.17) is 0 Å². The van der Waals surface area contributed by atoms with Gasteiger partial charge in [-0.15, -0.1) is 0 Å². The molecule has 0 radical (unpaired) electrons. The van der Waals surface area contributed by atoms with Crippen molar-refractivity contribution < 1.29 is 5.11 Å². The molecule has 1 heteroatoms. The molecule has 7 rings (SSSR count). The molecule has 0 aliphatic heterocycles. The predicted octanol–water partition coefficient (Wildman–Crippen LogP) is 3.22. The lowest BCUT2D eigenvalue weighted by Gasteiger charge is -2.80. The van der Waals surface area contributed by atoms with Gasteiger partial charge in [0.15, 0.2) is 0 Å². The van der Waals surface area contributed by atoms with E-state index in [-0.39, 0.29) is 5.60 Å². The Balaban J connectivity index is 1.80. The molecule has 7 aliphatic carbocycles. The first kappa shape index (κ1) is 9.83. The lowest BCUT2D eigenvalue weighted by Crippen LogP contribution is -2.78. The molecule has 0 aromatic carbocycles. The zero-order valence-corrected chi connectivity index (χ0v) is 11.1. The van der Waals surface area contributed by atoms with Crippen LogP contribution in [-0.2, 0) is 0 Å². The molecule has 0 aromatic heterocycles. The normalized spacial score (nSPS) is 74.6. The summed E-state index contributed by atoms with van der Waals surface area (Å²) >= 11 is 0. The topological polar surface area (TPSA) is 20.2 Å². The summed E-state index contributed by atoms with van der Waals surface area (Å²) in [5.41, 5.74) is 0.526. The van der Waals surface area contributed by atoms with Gasteiger partial charge in [-0.3, -0.25) is 0 Å². The van der Waals surface area contributed by atoms with Crippen molar-refractivity contribution in [1.82, 2.24) is 0 Å². The Morgan fingerprint density at radius 2 is 1.65 bits per heavy atom. The van der Waals surface area contributed by atoms with Crippen LogP contribution in [0.1, 0.15) is 52.4 Å². The molecule has 17 heavy (non-hydrogen) atoms. The molecule has 94 valence electrons. The quantitative estimate of drug-likeness (QED) is 0.680. The summed E-state index contributed by atoms with van der Waals surface area (Å²) < 4.78 is 0. The summed E-state index contributed by atoms with van der Waals surface area (Å²) in [6.45, 7) is 4.98. The molecular formula is C16H24O. The molecule has 8 unspecified atom stereocenters. The van der Waals surface area contributed by atoms with Gasteiger partial charge in [0.05, 0.1) is 5.60 Å². The van der Waals surface area contributed by atoms with Crippen LogP contribution in [0.5, 0.6) is 0 Å². The van der Waals surface area contributed by atoms with E-state index < -0.39 is 0 Å². The maximum Gasteiger partial charge on any atom is 0.0739 e. The fourth-order valence-corrected chi connectivity index (χ4v) is 7.96. The first-order valence-electron chi connectivity index (χ1n) is 7.70. The van der Waals surface area contributed by atoms with Gasteiger partial charge in [0, 0.05) is 0 Å². The van der Waals surface area contributed by atoms with Crippen LogP contribution >= 0.6 is 0 Å². The lowest BCUT2D eigenvalue weighted by atomic mass is 9.26. The minimum atomic E-state index is -0.277. The molecule has 7 fully saturated rings. The highest BCUT2D eigenvalue weighted by Gasteiger charge is 2.77. The van der Waals surface area contributed by atoms with Crippen LogP contribution in [0.3, 0.4) is 0 Å². The van der Waals surface area contributed by atoms with Crippen molar-refractivity contribution in [2.45, 2.75) is 58.0 Å². The van der Waals surface area contributed by atoms with E-state index in [1.54, 1.807) is 0 Å². The second-order valence-electron chi connectivity index (χ2n) is 8.66. The highest BCUT2D eigenvalue weighted by Crippen LogP contribution is 2.80. The Kier molecular flexibility index (Phi) is 1.36. The molecule has 0 heterocycles. The predicted molar refractivity (Wildman–Crippen MR) is 66.3 cm³/mol. The molecule has 7 aliphatic rings. The Labute approximate surface area is 104 Å². The van der Waals surface area contributed by atoms with Crippen LogP contribution in [0.25, 0.3) is 0 Å². The Morgan fingerprint density at radius 3 is 2.47 bits per heavy atom. The minimum absolute atomic E-state index is 0.277. The van der Waals surface area contributed by atoms with Gasteiger partial charge in [-0.05, 0) is 78.9 Å². The monoisotopic (exact) mass is 232 g/mol. The molecule has 0 spiro atoms. The van der Waals surface area contributed by atoms with Crippen molar-refractivity contribution in [2.24, 2.45) is 40.4 Å². The number of hydrogen-bond donors (Lipinski definition) is 1.